The average molecular weight is 434 g/mol. The Bertz CT molecular complexity index is 1150. The van der Waals surface area contributed by atoms with Crippen LogP contribution in [0.15, 0.2) is 54.6 Å². The summed E-state index contributed by atoms with van der Waals surface area (Å²) < 4.78 is 6.57. The summed E-state index contributed by atoms with van der Waals surface area (Å²) in [5, 5.41) is 7.01. The molecular formula is C24H23N3O3S. The van der Waals surface area contributed by atoms with Gasteiger partial charge in [-0.3, -0.25) is 9.59 Å². The maximum atomic E-state index is 13.3. The van der Waals surface area contributed by atoms with Crippen molar-refractivity contribution in [3.63, 3.8) is 0 Å². The summed E-state index contributed by atoms with van der Waals surface area (Å²) in [6.45, 7) is 1.98. The Kier molecular flexibility index (Phi) is 5.19. The molecule has 158 valence electrons. The Balaban J connectivity index is 1.34. The first-order valence-electron chi connectivity index (χ1n) is 10.5. The van der Waals surface area contributed by atoms with Crippen LogP contribution in [0.3, 0.4) is 0 Å². The van der Waals surface area contributed by atoms with Gasteiger partial charge in [0.2, 0.25) is 5.91 Å². The number of carbonyl (C=O) groups is 2. The topological polar surface area (TPSA) is 80.3 Å². The van der Waals surface area contributed by atoms with Crippen LogP contribution in [0.25, 0.3) is 10.2 Å². The molecule has 0 radical (unpaired) electrons. The van der Waals surface area contributed by atoms with Gasteiger partial charge in [-0.05, 0) is 49.6 Å². The molecule has 2 N–H and O–H groups in total. The molecule has 2 aromatic carbocycles. The van der Waals surface area contributed by atoms with Crippen LogP contribution in [-0.4, -0.2) is 23.4 Å². The molecule has 1 aliphatic heterocycles. The number of amides is 2. The van der Waals surface area contributed by atoms with Gasteiger partial charge in [0, 0.05) is 5.92 Å². The number of thiazole rings is 1. The minimum absolute atomic E-state index is 0.0270. The van der Waals surface area contributed by atoms with Crippen molar-refractivity contribution in [3.05, 3.63) is 65.2 Å². The fraction of sp³-hybridized carbons (Fsp3) is 0.292. The summed E-state index contributed by atoms with van der Waals surface area (Å²) in [6.07, 6.45) is 5.75. The lowest BCUT2D eigenvalue weighted by Crippen LogP contribution is -2.36. The molecule has 2 amide bonds. The van der Waals surface area contributed by atoms with Crippen molar-refractivity contribution in [2.45, 2.75) is 31.7 Å². The van der Waals surface area contributed by atoms with Crippen molar-refractivity contribution < 1.29 is 14.3 Å². The normalized spacial score (nSPS) is 21.1. The van der Waals surface area contributed by atoms with Gasteiger partial charge in [-0.25, -0.2) is 4.98 Å². The molecule has 0 saturated carbocycles. The standard InChI is InChI=1S/C24H23N3O3S/c1-14(15-10-11-20-19(12-15)26-22(28)13-30-20)25-23(29)16-6-2-3-7-17(16)24-27-18-8-4-5-9-21(18)31-24/h2-5,8-12,14,16-17H,6-7,13H2,1H3,(H,25,29)(H,26,28). The highest BCUT2D eigenvalue weighted by Crippen LogP contribution is 2.39. The first-order valence-corrected chi connectivity index (χ1v) is 11.3. The molecule has 2 heterocycles. The van der Waals surface area contributed by atoms with Gasteiger partial charge in [0.15, 0.2) is 6.61 Å². The highest BCUT2D eigenvalue weighted by Gasteiger charge is 2.33. The second kappa shape index (κ2) is 8.15. The Morgan fingerprint density at radius 1 is 1.23 bits per heavy atom. The summed E-state index contributed by atoms with van der Waals surface area (Å²) in [4.78, 5) is 29.7. The minimum Gasteiger partial charge on any atom is -0.482 e. The number of rotatable bonds is 4. The van der Waals surface area contributed by atoms with E-state index < -0.39 is 0 Å². The summed E-state index contributed by atoms with van der Waals surface area (Å²) in [5.41, 5.74) is 2.55. The number of carbonyl (C=O) groups excluding carboxylic acids is 2. The number of para-hydroxylation sites is 1. The van der Waals surface area contributed by atoms with Gasteiger partial charge in [-0.15, -0.1) is 11.3 Å². The van der Waals surface area contributed by atoms with Crippen LogP contribution >= 0.6 is 11.3 Å². The van der Waals surface area contributed by atoms with Crippen LogP contribution in [0.2, 0.25) is 0 Å². The van der Waals surface area contributed by atoms with E-state index in [1.54, 1.807) is 11.3 Å². The molecule has 2 aliphatic rings. The number of fused-ring (bicyclic) bond motifs is 2. The molecule has 1 aromatic heterocycles. The minimum atomic E-state index is -0.196. The molecule has 0 bridgehead atoms. The second-order valence-electron chi connectivity index (χ2n) is 8.00. The van der Waals surface area contributed by atoms with Gasteiger partial charge in [0.25, 0.3) is 5.91 Å². The third-order valence-corrected chi connectivity index (χ3v) is 7.06. The predicted molar refractivity (Wildman–Crippen MR) is 121 cm³/mol. The summed E-state index contributed by atoms with van der Waals surface area (Å²) >= 11 is 1.68. The Hall–Kier alpha value is -3.19. The predicted octanol–water partition coefficient (Wildman–Crippen LogP) is 4.55. The number of aromatic nitrogens is 1. The van der Waals surface area contributed by atoms with Gasteiger partial charge in [0.1, 0.15) is 5.75 Å². The van der Waals surface area contributed by atoms with Gasteiger partial charge in [-0.1, -0.05) is 30.4 Å². The Morgan fingerprint density at radius 3 is 2.94 bits per heavy atom. The van der Waals surface area contributed by atoms with Crippen molar-refractivity contribution in [3.8, 4) is 5.75 Å². The monoisotopic (exact) mass is 433 g/mol. The molecule has 6 nitrogen and oxygen atoms in total. The van der Waals surface area contributed by atoms with Crippen molar-refractivity contribution in [2.24, 2.45) is 5.92 Å². The molecule has 3 aromatic rings. The Morgan fingerprint density at radius 2 is 2.06 bits per heavy atom. The number of ether oxygens (including phenoxy) is 1. The van der Waals surface area contributed by atoms with E-state index >= 15 is 0 Å². The molecule has 0 spiro atoms. The number of nitrogens with zero attached hydrogens (tertiary/aromatic N) is 1. The van der Waals surface area contributed by atoms with E-state index in [0.29, 0.717) is 17.9 Å². The molecule has 0 fully saturated rings. The smallest absolute Gasteiger partial charge is 0.262 e. The average Bonchev–Trinajstić information content (AvgIpc) is 3.22. The molecular weight excluding hydrogens is 410 g/mol. The van der Waals surface area contributed by atoms with E-state index in [9.17, 15) is 9.59 Å². The van der Waals surface area contributed by atoms with E-state index in [-0.39, 0.29) is 36.3 Å². The van der Waals surface area contributed by atoms with E-state index in [4.69, 9.17) is 9.72 Å². The Labute approximate surface area is 184 Å². The number of benzene rings is 2. The third kappa shape index (κ3) is 3.93. The fourth-order valence-electron chi connectivity index (χ4n) is 4.20. The second-order valence-corrected chi connectivity index (χ2v) is 9.06. The van der Waals surface area contributed by atoms with E-state index in [0.717, 1.165) is 27.2 Å². The highest BCUT2D eigenvalue weighted by molar-refractivity contribution is 7.18. The van der Waals surface area contributed by atoms with Crippen molar-refractivity contribution >= 4 is 39.1 Å². The molecule has 0 saturated heterocycles. The molecule has 1 aliphatic carbocycles. The van der Waals surface area contributed by atoms with E-state index in [1.165, 1.54) is 0 Å². The van der Waals surface area contributed by atoms with Crippen LogP contribution in [0.5, 0.6) is 5.75 Å². The zero-order valence-electron chi connectivity index (χ0n) is 17.1. The molecule has 7 heteroatoms. The van der Waals surface area contributed by atoms with Gasteiger partial charge >= 0.3 is 0 Å². The van der Waals surface area contributed by atoms with Crippen LogP contribution in [0, 0.1) is 5.92 Å². The SMILES string of the molecule is CC(NC(=O)C1CC=CCC1c1nc2ccccc2s1)c1ccc2c(c1)NC(=O)CO2. The zero-order valence-corrected chi connectivity index (χ0v) is 17.9. The maximum absolute atomic E-state index is 13.3. The number of anilines is 1. The maximum Gasteiger partial charge on any atom is 0.262 e. The molecule has 31 heavy (non-hydrogen) atoms. The summed E-state index contributed by atoms with van der Waals surface area (Å²) in [6, 6.07) is 13.5. The van der Waals surface area contributed by atoms with Gasteiger partial charge in [-0.2, -0.15) is 0 Å². The molecule has 3 unspecified atom stereocenters. The molecule has 5 rings (SSSR count). The third-order valence-electron chi connectivity index (χ3n) is 5.89. The zero-order chi connectivity index (χ0) is 21.4. The van der Waals surface area contributed by atoms with Crippen LogP contribution in [0.1, 0.15) is 42.3 Å². The summed E-state index contributed by atoms with van der Waals surface area (Å²) in [5.74, 6) is 0.419. The summed E-state index contributed by atoms with van der Waals surface area (Å²) in [7, 11) is 0. The van der Waals surface area contributed by atoms with E-state index in [2.05, 4.69) is 28.9 Å². The number of allylic oxidation sites excluding steroid dienone is 2. The lowest BCUT2D eigenvalue weighted by Gasteiger charge is -2.28. The van der Waals surface area contributed by atoms with Crippen LogP contribution in [-0.2, 0) is 9.59 Å². The lowest BCUT2D eigenvalue weighted by atomic mass is 9.82. The van der Waals surface area contributed by atoms with Gasteiger partial charge < -0.3 is 15.4 Å². The lowest BCUT2D eigenvalue weighted by molar-refractivity contribution is -0.126. The number of hydrogen-bond acceptors (Lipinski definition) is 5. The van der Waals surface area contributed by atoms with Crippen molar-refractivity contribution in [2.75, 3.05) is 11.9 Å². The van der Waals surface area contributed by atoms with Crippen LogP contribution < -0.4 is 15.4 Å². The van der Waals surface area contributed by atoms with Gasteiger partial charge in [0.05, 0.1) is 32.9 Å². The first-order chi connectivity index (χ1) is 15.1. The van der Waals surface area contributed by atoms with E-state index in [1.807, 2.05) is 43.3 Å². The number of hydrogen-bond donors (Lipinski definition) is 2. The fourth-order valence-corrected chi connectivity index (χ4v) is 5.35. The molecule has 3 atom stereocenters. The van der Waals surface area contributed by atoms with Crippen molar-refractivity contribution in [1.82, 2.24) is 10.3 Å². The van der Waals surface area contributed by atoms with Crippen LogP contribution in [0.4, 0.5) is 5.69 Å². The highest BCUT2D eigenvalue weighted by atomic mass is 32.1. The quantitative estimate of drug-likeness (QED) is 0.592. The first kappa shape index (κ1) is 19.8. The van der Waals surface area contributed by atoms with Crippen molar-refractivity contribution in [1.29, 1.82) is 0 Å². The number of nitrogens with one attached hydrogen (secondary N) is 2. The largest absolute Gasteiger partial charge is 0.482 e.